The van der Waals surface area contributed by atoms with Crippen molar-refractivity contribution < 1.29 is 14.3 Å². The molecule has 0 atom stereocenters. The summed E-state index contributed by atoms with van der Waals surface area (Å²) in [4.78, 5) is 25.9. The van der Waals surface area contributed by atoms with E-state index in [0.29, 0.717) is 6.04 Å². The van der Waals surface area contributed by atoms with Crippen molar-refractivity contribution >= 4 is 17.6 Å². The SMILES string of the molecule is Cc1cccc(NC2CCN(C(=O)CCC(=O)OC(C)(C)C)CC2)c1. The van der Waals surface area contributed by atoms with E-state index in [1.807, 2.05) is 31.7 Å². The first-order valence-electron chi connectivity index (χ1n) is 9.06. The minimum Gasteiger partial charge on any atom is -0.460 e. The molecular formula is C20H30N2O3. The second-order valence-corrected chi connectivity index (χ2v) is 7.76. The predicted octanol–water partition coefficient (Wildman–Crippen LogP) is 3.52. The standard InChI is InChI=1S/C20H30N2O3/c1-15-6-5-7-17(14-15)21-16-10-12-22(13-11-16)18(23)8-9-19(24)25-20(2,3)4/h5-7,14,16,21H,8-13H2,1-4H3. The number of ether oxygens (including phenoxy) is 1. The molecule has 0 aromatic heterocycles. The van der Waals surface area contributed by atoms with E-state index in [1.165, 1.54) is 5.56 Å². The maximum Gasteiger partial charge on any atom is 0.306 e. The van der Waals surface area contributed by atoms with Crippen molar-refractivity contribution in [3.05, 3.63) is 29.8 Å². The number of nitrogens with one attached hydrogen (secondary N) is 1. The molecule has 5 heteroatoms. The van der Waals surface area contributed by atoms with Gasteiger partial charge in [-0.25, -0.2) is 0 Å². The Hall–Kier alpha value is -2.04. The van der Waals surface area contributed by atoms with E-state index < -0.39 is 5.60 Å². The van der Waals surface area contributed by atoms with Gasteiger partial charge < -0.3 is 15.0 Å². The third kappa shape index (κ3) is 6.77. The lowest BCUT2D eigenvalue weighted by atomic mass is 10.0. The predicted molar refractivity (Wildman–Crippen MR) is 99.5 cm³/mol. The second-order valence-electron chi connectivity index (χ2n) is 7.76. The molecular weight excluding hydrogens is 316 g/mol. The fourth-order valence-corrected chi connectivity index (χ4v) is 3.00. The fourth-order valence-electron chi connectivity index (χ4n) is 3.00. The number of nitrogens with zero attached hydrogens (tertiary/aromatic N) is 1. The Kier molecular flexibility index (Phi) is 6.45. The molecule has 2 rings (SSSR count). The molecule has 0 unspecified atom stereocenters. The Balaban J connectivity index is 1.72. The van der Waals surface area contributed by atoms with E-state index in [2.05, 4.69) is 30.4 Å². The van der Waals surface area contributed by atoms with Crippen molar-refractivity contribution in [2.45, 2.75) is 65.0 Å². The Labute approximate surface area is 150 Å². The fraction of sp³-hybridized carbons (Fsp3) is 0.600. The minimum atomic E-state index is -0.500. The maximum absolute atomic E-state index is 12.3. The highest BCUT2D eigenvalue weighted by atomic mass is 16.6. The van der Waals surface area contributed by atoms with Gasteiger partial charge in [0.05, 0.1) is 6.42 Å². The highest BCUT2D eigenvalue weighted by molar-refractivity contribution is 5.81. The minimum absolute atomic E-state index is 0.0415. The Morgan fingerprint density at radius 3 is 2.48 bits per heavy atom. The van der Waals surface area contributed by atoms with Crippen LogP contribution in [0.15, 0.2) is 24.3 Å². The summed E-state index contributed by atoms with van der Waals surface area (Å²) in [5.41, 5.74) is 1.87. The van der Waals surface area contributed by atoms with Crippen molar-refractivity contribution in [3.8, 4) is 0 Å². The number of hydrogen-bond donors (Lipinski definition) is 1. The van der Waals surface area contributed by atoms with Crippen molar-refractivity contribution in [2.24, 2.45) is 0 Å². The zero-order valence-electron chi connectivity index (χ0n) is 15.8. The number of hydrogen-bond acceptors (Lipinski definition) is 4. The van der Waals surface area contributed by atoms with Gasteiger partial charge in [0.1, 0.15) is 5.60 Å². The number of aryl methyl sites for hydroxylation is 1. The van der Waals surface area contributed by atoms with Crippen molar-refractivity contribution in [2.75, 3.05) is 18.4 Å². The largest absolute Gasteiger partial charge is 0.460 e. The third-order valence-electron chi connectivity index (χ3n) is 4.20. The number of amides is 1. The quantitative estimate of drug-likeness (QED) is 0.829. The first-order chi connectivity index (χ1) is 11.7. The van der Waals surface area contributed by atoms with E-state index in [1.54, 1.807) is 0 Å². The number of piperidine rings is 1. The van der Waals surface area contributed by atoms with Gasteiger partial charge >= 0.3 is 5.97 Å². The molecule has 138 valence electrons. The van der Waals surface area contributed by atoms with Crippen LogP contribution in [-0.2, 0) is 14.3 Å². The van der Waals surface area contributed by atoms with Crippen LogP contribution in [0.5, 0.6) is 0 Å². The van der Waals surface area contributed by atoms with Gasteiger partial charge in [0, 0.05) is 31.2 Å². The molecule has 1 fully saturated rings. The van der Waals surface area contributed by atoms with Crippen LogP contribution in [0.4, 0.5) is 5.69 Å². The van der Waals surface area contributed by atoms with E-state index in [-0.39, 0.29) is 24.7 Å². The zero-order valence-corrected chi connectivity index (χ0v) is 15.8. The van der Waals surface area contributed by atoms with Crippen LogP contribution >= 0.6 is 0 Å². The summed E-state index contributed by atoms with van der Waals surface area (Å²) < 4.78 is 5.25. The van der Waals surface area contributed by atoms with E-state index in [4.69, 9.17) is 4.74 Å². The first-order valence-corrected chi connectivity index (χ1v) is 9.06. The lowest BCUT2D eigenvalue weighted by Gasteiger charge is -2.33. The van der Waals surface area contributed by atoms with Crippen molar-refractivity contribution in [3.63, 3.8) is 0 Å². The van der Waals surface area contributed by atoms with Crippen molar-refractivity contribution in [1.29, 1.82) is 0 Å². The zero-order chi connectivity index (χ0) is 18.4. The number of rotatable bonds is 5. The summed E-state index contributed by atoms with van der Waals surface area (Å²) >= 11 is 0. The van der Waals surface area contributed by atoms with Crippen LogP contribution in [-0.4, -0.2) is 41.5 Å². The molecule has 5 nitrogen and oxygen atoms in total. The Bertz CT molecular complexity index is 599. The van der Waals surface area contributed by atoms with Gasteiger partial charge in [-0.3, -0.25) is 9.59 Å². The molecule has 0 spiro atoms. The van der Waals surface area contributed by atoms with Crippen LogP contribution in [0.2, 0.25) is 0 Å². The molecule has 1 aliphatic rings. The Morgan fingerprint density at radius 2 is 1.88 bits per heavy atom. The van der Waals surface area contributed by atoms with Gasteiger partial charge in [0.2, 0.25) is 5.91 Å². The second kappa shape index (κ2) is 8.37. The number of likely N-dealkylation sites (tertiary alicyclic amines) is 1. The summed E-state index contributed by atoms with van der Waals surface area (Å²) in [6.45, 7) is 9.04. The van der Waals surface area contributed by atoms with Crippen molar-refractivity contribution in [1.82, 2.24) is 4.90 Å². The van der Waals surface area contributed by atoms with Crippen LogP contribution in [0.1, 0.15) is 52.0 Å². The molecule has 1 saturated heterocycles. The molecule has 1 aliphatic heterocycles. The van der Waals surface area contributed by atoms with E-state index >= 15 is 0 Å². The first kappa shape index (κ1) is 19.3. The summed E-state index contributed by atoms with van der Waals surface area (Å²) in [6.07, 6.45) is 2.22. The maximum atomic E-state index is 12.3. The number of carbonyl (C=O) groups is 2. The van der Waals surface area contributed by atoms with Gasteiger partial charge in [-0.15, -0.1) is 0 Å². The monoisotopic (exact) mass is 346 g/mol. The molecule has 1 amide bonds. The summed E-state index contributed by atoms with van der Waals surface area (Å²) in [5.74, 6) is -0.267. The molecule has 1 N–H and O–H groups in total. The average Bonchev–Trinajstić information content (AvgIpc) is 2.52. The van der Waals surface area contributed by atoms with Crippen LogP contribution < -0.4 is 5.32 Å². The Morgan fingerprint density at radius 1 is 1.20 bits per heavy atom. The van der Waals surface area contributed by atoms with E-state index in [0.717, 1.165) is 31.6 Å². The number of esters is 1. The van der Waals surface area contributed by atoms with Gasteiger partial charge in [-0.2, -0.15) is 0 Å². The van der Waals surface area contributed by atoms with E-state index in [9.17, 15) is 9.59 Å². The van der Waals surface area contributed by atoms with Crippen LogP contribution in [0.25, 0.3) is 0 Å². The molecule has 0 bridgehead atoms. The molecule has 1 heterocycles. The lowest BCUT2D eigenvalue weighted by molar-refractivity contribution is -0.156. The van der Waals surface area contributed by atoms with Gasteiger partial charge in [-0.05, 0) is 58.2 Å². The average molecular weight is 346 g/mol. The number of carbonyl (C=O) groups excluding carboxylic acids is 2. The normalized spacial score (nSPS) is 15.8. The number of anilines is 1. The molecule has 0 radical (unpaired) electrons. The summed E-state index contributed by atoms with van der Waals surface area (Å²) in [7, 11) is 0. The smallest absolute Gasteiger partial charge is 0.306 e. The van der Waals surface area contributed by atoms with Crippen LogP contribution in [0, 0.1) is 6.92 Å². The number of benzene rings is 1. The summed E-state index contributed by atoms with van der Waals surface area (Å²) in [6, 6.07) is 8.73. The topological polar surface area (TPSA) is 58.6 Å². The highest BCUT2D eigenvalue weighted by Crippen LogP contribution is 2.18. The van der Waals surface area contributed by atoms with Gasteiger partial charge in [-0.1, -0.05) is 12.1 Å². The molecule has 1 aromatic carbocycles. The van der Waals surface area contributed by atoms with Gasteiger partial charge in [0.25, 0.3) is 0 Å². The molecule has 25 heavy (non-hydrogen) atoms. The third-order valence-corrected chi connectivity index (χ3v) is 4.20. The highest BCUT2D eigenvalue weighted by Gasteiger charge is 2.24. The summed E-state index contributed by atoms with van der Waals surface area (Å²) in [5, 5.41) is 3.55. The van der Waals surface area contributed by atoms with Crippen LogP contribution in [0.3, 0.4) is 0 Å². The van der Waals surface area contributed by atoms with Gasteiger partial charge in [0.15, 0.2) is 0 Å². The molecule has 0 aliphatic carbocycles. The molecule has 0 saturated carbocycles. The molecule has 1 aromatic rings. The lowest BCUT2D eigenvalue weighted by Crippen LogP contribution is -2.42.